The van der Waals surface area contributed by atoms with Crippen LogP contribution in [0.15, 0.2) is 42.5 Å². The largest absolute Gasteiger partial charge is 0.294 e. The average molecular weight is 281 g/mol. The highest BCUT2D eigenvalue weighted by Crippen LogP contribution is 2.17. The lowest BCUT2D eigenvalue weighted by molar-refractivity contribution is 0.0979. The first-order chi connectivity index (χ1) is 9.06. The first-order valence-electron chi connectivity index (χ1n) is 5.79. The van der Waals surface area contributed by atoms with Crippen LogP contribution in [0.4, 0.5) is 8.78 Å². The zero-order valence-corrected chi connectivity index (χ0v) is 10.8. The third-order valence-corrected chi connectivity index (χ3v) is 3.02. The number of halogens is 3. The Labute approximate surface area is 114 Å². The molecule has 0 aliphatic heterocycles. The summed E-state index contributed by atoms with van der Waals surface area (Å²) in [5, 5.41) is 0.257. The van der Waals surface area contributed by atoms with Crippen molar-refractivity contribution in [2.24, 2.45) is 0 Å². The third-order valence-electron chi connectivity index (χ3n) is 2.79. The second-order valence-electron chi connectivity index (χ2n) is 4.17. The zero-order valence-electron chi connectivity index (χ0n) is 10.00. The molecule has 0 N–H and O–H groups in total. The number of aryl methyl sites for hydroxylation is 1. The Morgan fingerprint density at radius 1 is 1.05 bits per heavy atom. The maximum atomic E-state index is 13.5. The van der Waals surface area contributed by atoms with Crippen LogP contribution in [-0.2, 0) is 6.42 Å². The molecular weight excluding hydrogens is 270 g/mol. The minimum Gasteiger partial charge on any atom is -0.294 e. The molecular formula is C15H11ClF2O. The van der Waals surface area contributed by atoms with E-state index < -0.39 is 5.82 Å². The summed E-state index contributed by atoms with van der Waals surface area (Å²) in [7, 11) is 0. The first-order valence-corrected chi connectivity index (χ1v) is 6.17. The summed E-state index contributed by atoms with van der Waals surface area (Å²) in [5.74, 6) is -1.23. The van der Waals surface area contributed by atoms with Gasteiger partial charge in [0.05, 0.1) is 5.56 Å². The van der Waals surface area contributed by atoms with E-state index in [-0.39, 0.29) is 28.6 Å². The minimum atomic E-state index is -0.614. The molecule has 1 nitrogen and oxygen atoms in total. The number of hydrogen-bond acceptors (Lipinski definition) is 1. The molecule has 98 valence electrons. The van der Waals surface area contributed by atoms with E-state index in [2.05, 4.69) is 0 Å². The number of benzene rings is 2. The SMILES string of the molecule is O=C(CCc1ccc(F)cc1)c1ccc(Cl)cc1F. The molecule has 0 aliphatic rings. The zero-order chi connectivity index (χ0) is 13.8. The maximum Gasteiger partial charge on any atom is 0.166 e. The van der Waals surface area contributed by atoms with Crippen LogP contribution in [0.2, 0.25) is 5.02 Å². The fraction of sp³-hybridized carbons (Fsp3) is 0.133. The fourth-order valence-electron chi connectivity index (χ4n) is 1.76. The summed E-state index contributed by atoms with van der Waals surface area (Å²) in [6, 6.07) is 9.88. The molecule has 0 saturated heterocycles. The summed E-state index contributed by atoms with van der Waals surface area (Å²) in [5.41, 5.74) is 0.871. The van der Waals surface area contributed by atoms with Crippen LogP contribution in [-0.4, -0.2) is 5.78 Å². The van der Waals surface area contributed by atoms with Gasteiger partial charge in [-0.05, 0) is 42.3 Å². The lowest BCUT2D eigenvalue weighted by Crippen LogP contribution is -2.04. The van der Waals surface area contributed by atoms with Gasteiger partial charge >= 0.3 is 0 Å². The van der Waals surface area contributed by atoms with Crippen molar-refractivity contribution in [2.75, 3.05) is 0 Å². The second-order valence-corrected chi connectivity index (χ2v) is 4.61. The quantitative estimate of drug-likeness (QED) is 0.757. The van der Waals surface area contributed by atoms with E-state index in [4.69, 9.17) is 11.6 Å². The number of rotatable bonds is 4. The van der Waals surface area contributed by atoms with Crippen LogP contribution in [0, 0.1) is 11.6 Å². The lowest BCUT2D eigenvalue weighted by Gasteiger charge is -2.03. The maximum absolute atomic E-state index is 13.5. The Morgan fingerprint density at radius 2 is 1.74 bits per heavy atom. The number of ketones is 1. The highest BCUT2D eigenvalue weighted by atomic mass is 35.5. The molecule has 0 atom stereocenters. The van der Waals surface area contributed by atoms with Crippen molar-refractivity contribution in [3.8, 4) is 0 Å². The minimum absolute atomic E-state index is 0.0338. The van der Waals surface area contributed by atoms with E-state index in [1.807, 2.05) is 0 Å². The molecule has 0 saturated carbocycles. The van der Waals surface area contributed by atoms with E-state index >= 15 is 0 Å². The highest BCUT2D eigenvalue weighted by molar-refractivity contribution is 6.30. The van der Waals surface area contributed by atoms with Crippen LogP contribution >= 0.6 is 11.6 Å². The van der Waals surface area contributed by atoms with Crippen molar-refractivity contribution in [1.29, 1.82) is 0 Å². The molecule has 0 heterocycles. The molecule has 0 bridgehead atoms. The predicted octanol–water partition coefficient (Wildman–Crippen LogP) is 4.43. The van der Waals surface area contributed by atoms with Gasteiger partial charge in [0.1, 0.15) is 11.6 Å². The Morgan fingerprint density at radius 3 is 2.37 bits per heavy atom. The Hall–Kier alpha value is -1.74. The van der Waals surface area contributed by atoms with E-state index in [0.717, 1.165) is 11.6 Å². The molecule has 19 heavy (non-hydrogen) atoms. The average Bonchev–Trinajstić information content (AvgIpc) is 2.37. The number of hydrogen-bond donors (Lipinski definition) is 0. The molecule has 0 spiro atoms. The van der Waals surface area contributed by atoms with Gasteiger partial charge in [-0.25, -0.2) is 8.78 Å². The molecule has 4 heteroatoms. The van der Waals surface area contributed by atoms with Crippen LogP contribution in [0.5, 0.6) is 0 Å². The van der Waals surface area contributed by atoms with Gasteiger partial charge in [-0.2, -0.15) is 0 Å². The van der Waals surface area contributed by atoms with Gasteiger partial charge < -0.3 is 0 Å². The van der Waals surface area contributed by atoms with Crippen molar-refractivity contribution < 1.29 is 13.6 Å². The van der Waals surface area contributed by atoms with Gasteiger partial charge in [-0.3, -0.25) is 4.79 Å². The van der Waals surface area contributed by atoms with Crippen LogP contribution in [0.1, 0.15) is 22.3 Å². The van der Waals surface area contributed by atoms with E-state index in [0.29, 0.717) is 6.42 Å². The van der Waals surface area contributed by atoms with Gasteiger partial charge in [0.15, 0.2) is 5.78 Å². The van der Waals surface area contributed by atoms with Gasteiger partial charge in [0, 0.05) is 11.4 Å². The second kappa shape index (κ2) is 5.93. The van der Waals surface area contributed by atoms with Gasteiger partial charge in [0.2, 0.25) is 0 Å². The monoisotopic (exact) mass is 280 g/mol. The van der Waals surface area contributed by atoms with Gasteiger partial charge in [-0.15, -0.1) is 0 Å². The van der Waals surface area contributed by atoms with Crippen molar-refractivity contribution >= 4 is 17.4 Å². The topological polar surface area (TPSA) is 17.1 Å². The molecule has 0 unspecified atom stereocenters. The Balaban J connectivity index is 2.03. The number of Topliss-reactive ketones (excluding diaryl/α,β-unsaturated/α-hetero) is 1. The fourth-order valence-corrected chi connectivity index (χ4v) is 1.92. The first kappa shape index (κ1) is 13.7. The molecule has 0 amide bonds. The highest BCUT2D eigenvalue weighted by Gasteiger charge is 2.12. The molecule has 2 aromatic carbocycles. The summed E-state index contributed by atoms with van der Waals surface area (Å²) in [6.45, 7) is 0. The summed E-state index contributed by atoms with van der Waals surface area (Å²) >= 11 is 5.62. The third kappa shape index (κ3) is 3.61. The number of carbonyl (C=O) groups excluding carboxylic acids is 1. The Kier molecular flexibility index (Phi) is 4.27. The van der Waals surface area contributed by atoms with Gasteiger partial charge in [-0.1, -0.05) is 23.7 Å². The van der Waals surface area contributed by atoms with E-state index in [1.165, 1.54) is 24.3 Å². The Bertz CT molecular complexity index is 594. The standard InChI is InChI=1S/C15H11ClF2O/c16-11-4-7-13(14(18)9-11)15(19)8-3-10-1-5-12(17)6-2-10/h1-2,4-7,9H,3,8H2. The van der Waals surface area contributed by atoms with Crippen LogP contribution in [0.25, 0.3) is 0 Å². The van der Waals surface area contributed by atoms with E-state index in [1.54, 1.807) is 12.1 Å². The van der Waals surface area contributed by atoms with Crippen molar-refractivity contribution in [2.45, 2.75) is 12.8 Å². The van der Waals surface area contributed by atoms with Crippen molar-refractivity contribution in [3.05, 3.63) is 70.2 Å². The molecule has 2 aromatic rings. The van der Waals surface area contributed by atoms with Crippen molar-refractivity contribution in [3.63, 3.8) is 0 Å². The van der Waals surface area contributed by atoms with Crippen molar-refractivity contribution in [1.82, 2.24) is 0 Å². The predicted molar refractivity (Wildman–Crippen MR) is 70.5 cm³/mol. The molecule has 0 fully saturated rings. The smallest absolute Gasteiger partial charge is 0.166 e. The molecule has 0 aliphatic carbocycles. The normalized spacial score (nSPS) is 10.5. The summed E-state index contributed by atoms with van der Waals surface area (Å²) in [6.07, 6.45) is 0.616. The number of carbonyl (C=O) groups is 1. The van der Waals surface area contributed by atoms with Crippen LogP contribution in [0.3, 0.4) is 0 Å². The van der Waals surface area contributed by atoms with E-state index in [9.17, 15) is 13.6 Å². The summed E-state index contributed by atoms with van der Waals surface area (Å²) < 4.78 is 26.2. The molecule has 0 radical (unpaired) electrons. The molecule has 0 aromatic heterocycles. The van der Waals surface area contributed by atoms with Gasteiger partial charge in [0.25, 0.3) is 0 Å². The summed E-state index contributed by atoms with van der Waals surface area (Å²) in [4.78, 5) is 11.9. The lowest BCUT2D eigenvalue weighted by atomic mass is 10.0. The van der Waals surface area contributed by atoms with Crippen LogP contribution < -0.4 is 0 Å². The molecule has 2 rings (SSSR count).